The number of fused-ring (bicyclic) bond motifs is 1. The molecular formula is C22H19NO4S. The number of carbonyl (C=O) groups excluding carboxylic acids is 2. The van der Waals surface area contributed by atoms with Crippen LogP contribution in [0.2, 0.25) is 0 Å². The van der Waals surface area contributed by atoms with E-state index >= 15 is 0 Å². The van der Waals surface area contributed by atoms with E-state index < -0.39 is 11.8 Å². The molecule has 0 saturated heterocycles. The monoisotopic (exact) mass is 393 g/mol. The first kappa shape index (κ1) is 19.6. The molecule has 0 aliphatic heterocycles. The molecule has 0 aliphatic rings. The van der Waals surface area contributed by atoms with E-state index in [1.54, 1.807) is 23.9 Å². The average Bonchev–Trinajstić information content (AvgIpc) is 2.74. The van der Waals surface area contributed by atoms with E-state index in [-0.39, 0.29) is 18.6 Å². The standard InChI is InChI=1S/C22H19NO4S/c1-27-21(24)13-12-20(23-26)22(25)16-7-9-18(10-8-16)28-19-11-6-15-4-2-3-5-17(15)14-19/h2-11,14,26H,12-13H2,1H3/b23-20+. The molecule has 0 radical (unpaired) electrons. The summed E-state index contributed by atoms with van der Waals surface area (Å²) in [6.07, 6.45) is 0.00707. The summed E-state index contributed by atoms with van der Waals surface area (Å²) in [7, 11) is 1.27. The first-order chi connectivity index (χ1) is 13.6. The van der Waals surface area contributed by atoms with E-state index in [0.29, 0.717) is 5.56 Å². The Balaban J connectivity index is 1.69. The summed E-state index contributed by atoms with van der Waals surface area (Å²) < 4.78 is 4.54. The maximum absolute atomic E-state index is 12.4. The number of esters is 1. The summed E-state index contributed by atoms with van der Waals surface area (Å²) in [4.78, 5) is 25.8. The molecule has 0 unspecified atom stereocenters. The van der Waals surface area contributed by atoms with Gasteiger partial charge in [0.15, 0.2) is 0 Å². The Bertz CT molecular complexity index is 1030. The molecule has 28 heavy (non-hydrogen) atoms. The van der Waals surface area contributed by atoms with Gasteiger partial charge in [-0.05, 0) is 47.2 Å². The molecule has 142 valence electrons. The molecule has 0 saturated carbocycles. The Morgan fingerprint density at radius 2 is 1.61 bits per heavy atom. The number of Topliss-reactive ketones (excluding diaryl/α,β-unsaturated/α-hetero) is 1. The van der Waals surface area contributed by atoms with Gasteiger partial charge < -0.3 is 9.94 Å². The van der Waals surface area contributed by atoms with Gasteiger partial charge in [0.25, 0.3) is 0 Å². The van der Waals surface area contributed by atoms with Gasteiger partial charge in [0.2, 0.25) is 5.78 Å². The number of oxime groups is 1. The predicted molar refractivity (Wildman–Crippen MR) is 109 cm³/mol. The zero-order chi connectivity index (χ0) is 19.9. The van der Waals surface area contributed by atoms with Crippen molar-refractivity contribution in [2.45, 2.75) is 22.6 Å². The van der Waals surface area contributed by atoms with E-state index in [4.69, 9.17) is 5.21 Å². The molecule has 0 spiro atoms. The fourth-order valence-electron chi connectivity index (χ4n) is 2.74. The molecule has 1 N–H and O–H groups in total. The van der Waals surface area contributed by atoms with Crippen LogP contribution in [0.5, 0.6) is 0 Å². The van der Waals surface area contributed by atoms with Crippen LogP contribution in [0.4, 0.5) is 0 Å². The molecule has 0 aromatic heterocycles. The van der Waals surface area contributed by atoms with Crippen LogP contribution in [0.15, 0.2) is 81.7 Å². The zero-order valence-electron chi connectivity index (χ0n) is 15.3. The molecule has 0 atom stereocenters. The van der Waals surface area contributed by atoms with Gasteiger partial charge in [-0.15, -0.1) is 0 Å². The lowest BCUT2D eigenvalue weighted by molar-refractivity contribution is -0.140. The van der Waals surface area contributed by atoms with E-state index in [9.17, 15) is 9.59 Å². The van der Waals surface area contributed by atoms with Crippen LogP contribution < -0.4 is 0 Å². The Hall–Kier alpha value is -3.12. The lowest BCUT2D eigenvalue weighted by atomic mass is 10.0. The third-order valence-electron chi connectivity index (χ3n) is 4.25. The fraction of sp³-hybridized carbons (Fsp3) is 0.136. The number of ketones is 1. The van der Waals surface area contributed by atoms with Crippen LogP contribution in [0, 0.1) is 0 Å². The number of ether oxygens (including phenoxy) is 1. The van der Waals surface area contributed by atoms with Gasteiger partial charge in [-0.25, -0.2) is 0 Å². The summed E-state index contributed by atoms with van der Waals surface area (Å²) in [6, 6.07) is 21.5. The van der Waals surface area contributed by atoms with Crippen molar-refractivity contribution >= 4 is 40.0 Å². The highest BCUT2D eigenvalue weighted by atomic mass is 32.2. The van der Waals surface area contributed by atoms with Crippen LogP contribution in [-0.4, -0.2) is 29.8 Å². The van der Waals surface area contributed by atoms with Gasteiger partial charge in [-0.3, -0.25) is 9.59 Å². The number of benzene rings is 3. The minimum atomic E-state index is -0.462. The molecule has 0 amide bonds. The summed E-state index contributed by atoms with van der Waals surface area (Å²) in [5.41, 5.74) is 0.334. The van der Waals surface area contributed by atoms with Gasteiger partial charge in [0.1, 0.15) is 5.71 Å². The van der Waals surface area contributed by atoms with Crippen molar-refractivity contribution in [2.24, 2.45) is 5.16 Å². The Morgan fingerprint density at radius 3 is 2.29 bits per heavy atom. The van der Waals surface area contributed by atoms with Crippen molar-refractivity contribution in [1.82, 2.24) is 0 Å². The summed E-state index contributed by atoms with van der Waals surface area (Å²) >= 11 is 1.60. The highest BCUT2D eigenvalue weighted by Gasteiger charge is 2.16. The number of hydrogen-bond donors (Lipinski definition) is 1. The fourth-order valence-corrected chi connectivity index (χ4v) is 3.61. The smallest absolute Gasteiger partial charge is 0.305 e. The van der Waals surface area contributed by atoms with Crippen LogP contribution in [0.3, 0.4) is 0 Å². The number of hydrogen-bond acceptors (Lipinski definition) is 6. The van der Waals surface area contributed by atoms with Gasteiger partial charge in [-0.2, -0.15) is 0 Å². The molecular weight excluding hydrogens is 374 g/mol. The molecule has 0 heterocycles. The first-order valence-electron chi connectivity index (χ1n) is 8.70. The maximum Gasteiger partial charge on any atom is 0.305 e. The second-order valence-corrected chi connectivity index (χ2v) is 7.23. The number of rotatable bonds is 7. The van der Waals surface area contributed by atoms with Crippen LogP contribution in [-0.2, 0) is 9.53 Å². The number of carbonyl (C=O) groups is 2. The predicted octanol–water partition coefficient (Wildman–Crippen LogP) is 4.96. The Labute approximate surface area is 167 Å². The molecule has 6 heteroatoms. The highest BCUT2D eigenvalue weighted by molar-refractivity contribution is 7.99. The van der Waals surface area contributed by atoms with Gasteiger partial charge in [0, 0.05) is 21.8 Å². The van der Waals surface area contributed by atoms with E-state index in [0.717, 1.165) is 9.79 Å². The maximum atomic E-state index is 12.4. The third-order valence-corrected chi connectivity index (χ3v) is 5.25. The van der Waals surface area contributed by atoms with E-state index in [1.165, 1.54) is 17.9 Å². The van der Waals surface area contributed by atoms with Crippen LogP contribution in [0.1, 0.15) is 23.2 Å². The second-order valence-electron chi connectivity index (χ2n) is 6.09. The molecule has 5 nitrogen and oxygen atoms in total. The van der Waals surface area contributed by atoms with Crippen molar-refractivity contribution < 1.29 is 19.5 Å². The average molecular weight is 393 g/mol. The SMILES string of the molecule is COC(=O)CC/C(=N\O)C(=O)c1ccc(Sc2ccc3ccccc3c2)cc1. The number of methoxy groups -OCH3 is 1. The van der Waals surface area contributed by atoms with Gasteiger partial charge in [0.05, 0.1) is 13.5 Å². The minimum Gasteiger partial charge on any atom is -0.469 e. The molecule has 0 fully saturated rings. The van der Waals surface area contributed by atoms with Crippen LogP contribution >= 0.6 is 11.8 Å². The highest BCUT2D eigenvalue weighted by Crippen LogP contribution is 2.30. The van der Waals surface area contributed by atoms with Crippen molar-refractivity contribution in [3.63, 3.8) is 0 Å². The topological polar surface area (TPSA) is 76.0 Å². The van der Waals surface area contributed by atoms with Crippen molar-refractivity contribution in [3.8, 4) is 0 Å². The number of nitrogens with zero attached hydrogens (tertiary/aromatic N) is 1. The van der Waals surface area contributed by atoms with Gasteiger partial charge >= 0.3 is 5.97 Å². The summed E-state index contributed by atoms with van der Waals surface area (Å²) in [6.45, 7) is 0. The molecule has 0 bridgehead atoms. The lowest BCUT2D eigenvalue weighted by Crippen LogP contribution is -2.16. The van der Waals surface area contributed by atoms with Gasteiger partial charge in [-0.1, -0.05) is 47.2 Å². The lowest BCUT2D eigenvalue weighted by Gasteiger charge is -2.06. The molecule has 0 aliphatic carbocycles. The largest absolute Gasteiger partial charge is 0.469 e. The summed E-state index contributed by atoms with van der Waals surface area (Å²) in [5.74, 6) is -0.871. The molecule has 3 rings (SSSR count). The quantitative estimate of drug-likeness (QED) is 0.202. The molecule has 3 aromatic rings. The van der Waals surface area contributed by atoms with Crippen molar-refractivity contribution in [3.05, 3.63) is 72.3 Å². The van der Waals surface area contributed by atoms with Crippen LogP contribution in [0.25, 0.3) is 10.8 Å². The normalized spacial score (nSPS) is 11.4. The third kappa shape index (κ3) is 4.78. The van der Waals surface area contributed by atoms with Crippen molar-refractivity contribution in [1.29, 1.82) is 0 Å². The minimum absolute atomic E-state index is 0.0163. The van der Waals surface area contributed by atoms with Crippen molar-refractivity contribution in [2.75, 3.05) is 7.11 Å². The summed E-state index contributed by atoms with van der Waals surface area (Å²) in [5, 5.41) is 14.5. The Kier molecular flexibility index (Phi) is 6.45. The Morgan fingerprint density at radius 1 is 0.929 bits per heavy atom. The first-order valence-corrected chi connectivity index (χ1v) is 9.51. The molecule has 3 aromatic carbocycles. The zero-order valence-corrected chi connectivity index (χ0v) is 16.1. The second kappa shape index (κ2) is 9.19. The van der Waals surface area contributed by atoms with E-state index in [1.807, 2.05) is 24.3 Å². The van der Waals surface area contributed by atoms with E-state index in [2.05, 4.69) is 40.2 Å².